The third-order valence-electron chi connectivity index (χ3n) is 4.58. The first-order chi connectivity index (χ1) is 14.2. The monoisotopic (exact) mass is 412 g/mol. The molecule has 0 saturated carbocycles. The zero-order valence-electron chi connectivity index (χ0n) is 18.0. The van der Waals surface area contributed by atoms with Gasteiger partial charge in [-0.2, -0.15) is 4.98 Å². The lowest BCUT2D eigenvalue weighted by Gasteiger charge is -2.19. The van der Waals surface area contributed by atoms with Gasteiger partial charge in [0, 0.05) is 11.6 Å². The molecular formula is C22H28N4O4. The fraction of sp³-hybridized carbons (Fsp3) is 0.364. The highest BCUT2D eigenvalue weighted by atomic mass is 16.5. The van der Waals surface area contributed by atoms with E-state index in [2.05, 4.69) is 26.9 Å². The maximum absolute atomic E-state index is 11.2. The van der Waals surface area contributed by atoms with Gasteiger partial charge in [0.05, 0.1) is 12.0 Å². The van der Waals surface area contributed by atoms with Crippen molar-refractivity contribution < 1.29 is 19.4 Å². The quantitative estimate of drug-likeness (QED) is 0.341. The Hall–Kier alpha value is -3.42. The molecule has 0 spiro atoms. The number of aliphatic imine (C=N–C) groups is 1. The Balaban J connectivity index is 2.17. The van der Waals surface area contributed by atoms with E-state index >= 15 is 0 Å². The molecule has 8 nitrogen and oxygen atoms in total. The van der Waals surface area contributed by atoms with E-state index in [9.17, 15) is 9.90 Å². The highest BCUT2D eigenvalue weighted by Gasteiger charge is 2.28. The van der Waals surface area contributed by atoms with Crippen LogP contribution in [0.3, 0.4) is 0 Å². The van der Waals surface area contributed by atoms with Crippen molar-refractivity contribution in [3.8, 4) is 17.4 Å². The largest absolute Gasteiger partial charge is 0.481 e. The molecule has 1 heterocycles. The Morgan fingerprint density at radius 2 is 1.97 bits per heavy atom. The highest BCUT2D eigenvalue weighted by Crippen LogP contribution is 2.25. The molecule has 2 N–H and O–H groups in total. The number of aromatic amines is 1. The van der Waals surface area contributed by atoms with Gasteiger partial charge in [-0.3, -0.25) is 9.89 Å². The summed E-state index contributed by atoms with van der Waals surface area (Å²) in [4.78, 5) is 19.4. The number of benzene rings is 1. The minimum atomic E-state index is -1.02. The zero-order valence-corrected chi connectivity index (χ0v) is 18.0. The zero-order chi connectivity index (χ0) is 22.3. The molecule has 8 heteroatoms. The standard InChI is InChI=1S/C22H28N4O4/c1-7-29-21-24-19(25-26-21)17-10-8-16(9-11-17)15(3)14(2)12-18(23-6)30-13-22(4,5)20(27)28/h8-12H,6-7,13H2,1-5H3,(H,27,28)(H,24,25,26)/b15-14+,18-12+. The fourth-order valence-corrected chi connectivity index (χ4v) is 2.42. The third-order valence-corrected chi connectivity index (χ3v) is 4.58. The first-order valence-electron chi connectivity index (χ1n) is 9.56. The second kappa shape index (κ2) is 9.87. The van der Waals surface area contributed by atoms with Gasteiger partial charge in [-0.25, -0.2) is 4.99 Å². The van der Waals surface area contributed by atoms with Crippen molar-refractivity contribution >= 4 is 18.3 Å². The van der Waals surface area contributed by atoms with Gasteiger partial charge < -0.3 is 14.6 Å². The van der Waals surface area contributed by atoms with E-state index < -0.39 is 11.4 Å². The number of carboxylic acid groups (broad SMARTS) is 1. The number of allylic oxidation sites excluding steroid dienone is 3. The summed E-state index contributed by atoms with van der Waals surface area (Å²) in [6, 6.07) is 8.19. The van der Waals surface area contributed by atoms with Crippen molar-refractivity contribution in [2.24, 2.45) is 10.4 Å². The number of hydrogen-bond acceptors (Lipinski definition) is 6. The lowest BCUT2D eigenvalue weighted by atomic mass is 9.95. The van der Waals surface area contributed by atoms with E-state index in [1.165, 1.54) is 0 Å². The lowest BCUT2D eigenvalue weighted by Crippen LogP contribution is -2.29. The molecule has 0 radical (unpaired) electrons. The Morgan fingerprint density at radius 3 is 2.53 bits per heavy atom. The van der Waals surface area contributed by atoms with Gasteiger partial charge in [-0.05, 0) is 58.0 Å². The minimum absolute atomic E-state index is 0.00483. The van der Waals surface area contributed by atoms with Gasteiger partial charge in [0.2, 0.25) is 5.88 Å². The third kappa shape index (κ3) is 5.79. The summed E-state index contributed by atoms with van der Waals surface area (Å²) >= 11 is 0. The number of aromatic nitrogens is 3. The van der Waals surface area contributed by atoms with E-state index in [1.807, 2.05) is 45.0 Å². The van der Waals surface area contributed by atoms with Crippen molar-refractivity contribution in [1.29, 1.82) is 0 Å². The summed E-state index contributed by atoms with van der Waals surface area (Å²) in [5.41, 5.74) is 2.85. The summed E-state index contributed by atoms with van der Waals surface area (Å²) in [6.07, 6.45) is 1.75. The lowest BCUT2D eigenvalue weighted by molar-refractivity contribution is -0.149. The first kappa shape index (κ1) is 22.9. The molecule has 1 aromatic heterocycles. The van der Waals surface area contributed by atoms with Crippen molar-refractivity contribution in [3.63, 3.8) is 0 Å². The van der Waals surface area contributed by atoms with Gasteiger partial charge in [-0.1, -0.05) is 24.3 Å². The molecule has 0 aliphatic rings. The number of rotatable bonds is 10. The maximum atomic E-state index is 11.2. The second-order valence-electron chi connectivity index (χ2n) is 7.40. The van der Waals surface area contributed by atoms with Crippen LogP contribution in [-0.4, -0.2) is 46.2 Å². The van der Waals surface area contributed by atoms with Crippen molar-refractivity contribution in [2.45, 2.75) is 34.6 Å². The maximum Gasteiger partial charge on any atom is 0.335 e. The molecular weight excluding hydrogens is 384 g/mol. The first-order valence-corrected chi connectivity index (χ1v) is 9.56. The van der Waals surface area contributed by atoms with Crippen molar-refractivity contribution in [2.75, 3.05) is 13.2 Å². The van der Waals surface area contributed by atoms with Crippen LogP contribution in [-0.2, 0) is 9.53 Å². The molecule has 30 heavy (non-hydrogen) atoms. The summed E-state index contributed by atoms with van der Waals surface area (Å²) in [6.45, 7) is 13.0. The molecule has 0 aliphatic carbocycles. The number of nitrogens with one attached hydrogen (secondary N) is 1. The smallest absolute Gasteiger partial charge is 0.335 e. The molecule has 160 valence electrons. The minimum Gasteiger partial charge on any atom is -0.481 e. The molecule has 0 fully saturated rings. The fourth-order valence-electron chi connectivity index (χ4n) is 2.42. The Kier molecular flexibility index (Phi) is 7.52. The molecule has 0 aliphatic heterocycles. The predicted octanol–water partition coefficient (Wildman–Crippen LogP) is 4.33. The van der Waals surface area contributed by atoms with Crippen LogP contribution in [0, 0.1) is 5.41 Å². The number of H-pyrrole nitrogens is 1. The highest BCUT2D eigenvalue weighted by molar-refractivity contribution is 5.73. The van der Waals surface area contributed by atoms with Crippen LogP contribution in [0.1, 0.15) is 40.2 Å². The normalized spacial score (nSPS) is 12.9. The number of carbonyl (C=O) groups is 1. The average Bonchev–Trinajstić information content (AvgIpc) is 3.19. The van der Waals surface area contributed by atoms with Crippen LogP contribution < -0.4 is 4.74 Å². The average molecular weight is 412 g/mol. The van der Waals surface area contributed by atoms with E-state index in [-0.39, 0.29) is 12.5 Å². The molecule has 0 atom stereocenters. The number of ether oxygens (including phenoxy) is 2. The Morgan fingerprint density at radius 1 is 1.30 bits per heavy atom. The van der Waals surface area contributed by atoms with Gasteiger partial charge in [0.1, 0.15) is 6.61 Å². The summed E-state index contributed by atoms with van der Waals surface area (Å²) in [7, 11) is 0. The van der Waals surface area contributed by atoms with E-state index in [0.29, 0.717) is 18.4 Å². The number of aliphatic carboxylic acids is 1. The molecule has 0 bridgehead atoms. The molecule has 0 amide bonds. The summed E-state index contributed by atoms with van der Waals surface area (Å²) in [5.74, 6) is -0.0201. The van der Waals surface area contributed by atoms with E-state index in [1.54, 1.807) is 19.9 Å². The van der Waals surface area contributed by atoms with Crippen LogP contribution in [0.4, 0.5) is 0 Å². The van der Waals surface area contributed by atoms with Gasteiger partial charge in [-0.15, -0.1) is 5.10 Å². The van der Waals surface area contributed by atoms with Crippen molar-refractivity contribution in [1.82, 2.24) is 15.2 Å². The predicted molar refractivity (Wildman–Crippen MR) is 116 cm³/mol. The second-order valence-corrected chi connectivity index (χ2v) is 7.40. The molecule has 0 saturated heterocycles. The molecule has 1 aromatic carbocycles. The number of nitrogens with zero attached hydrogens (tertiary/aromatic N) is 3. The van der Waals surface area contributed by atoms with Crippen LogP contribution in [0.15, 0.2) is 46.8 Å². The summed E-state index contributed by atoms with van der Waals surface area (Å²) < 4.78 is 10.8. The van der Waals surface area contributed by atoms with Crippen LogP contribution in [0.5, 0.6) is 6.01 Å². The molecule has 0 unspecified atom stereocenters. The topological polar surface area (TPSA) is 110 Å². The van der Waals surface area contributed by atoms with E-state index in [0.717, 1.165) is 22.3 Å². The van der Waals surface area contributed by atoms with Crippen LogP contribution in [0.2, 0.25) is 0 Å². The van der Waals surface area contributed by atoms with Gasteiger partial charge in [0.25, 0.3) is 0 Å². The summed E-state index contributed by atoms with van der Waals surface area (Å²) in [5, 5.41) is 16.1. The molecule has 2 aromatic rings. The number of carboxylic acids is 1. The Labute approximate surface area is 176 Å². The van der Waals surface area contributed by atoms with Crippen LogP contribution >= 0.6 is 0 Å². The Bertz CT molecular complexity index is 956. The number of hydrogen-bond donors (Lipinski definition) is 2. The van der Waals surface area contributed by atoms with Crippen molar-refractivity contribution in [3.05, 3.63) is 47.4 Å². The van der Waals surface area contributed by atoms with Gasteiger partial charge >= 0.3 is 12.0 Å². The molecule has 2 rings (SSSR count). The van der Waals surface area contributed by atoms with Crippen LogP contribution in [0.25, 0.3) is 17.0 Å². The van der Waals surface area contributed by atoms with Gasteiger partial charge in [0.15, 0.2) is 5.82 Å². The SMILES string of the molecule is C=N/C(=C\C(C)=C(/C)c1ccc(-c2nc(OCC)n[nH]2)cc1)OCC(C)(C)C(=O)O. The van der Waals surface area contributed by atoms with E-state index in [4.69, 9.17) is 9.47 Å².